The number of rotatable bonds is 3. The number of aromatic carboxylic acids is 1. The van der Waals surface area contributed by atoms with Crippen molar-refractivity contribution in [1.82, 2.24) is 4.90 Å². The molecule has 0 atom stereocenters. The summed E-state index contributed by atoms with van der Waals surface area (Å²) in [5, 5.41) is 9.30. The SMILES string of the molecule is Nc1cccc(CN2Cc3ccccc3C2)c1C(=O)O. The van der Waals surface area contributed by atoms with Gasteiger partial charge in [-0.3, -0.25) is 4.90 Å². The lowest BCUT2D eigenvalue weighted by Crippen LogP contribution is -2.18. The van der Waals surface area contributed by atoms with Gasteiger partial charge < -0.3 is 10.8 Å². The number of nitrogens with zero attached hydrogens (tertiary/aromatic N) is 1. The Morgan fingerprint density at radius 3 is 2.35 bits per heavy atom. The standard InChI is InChI=1S/C16H16N2O2/c17-14-7-3-6-13(15(14)16(19)20)10-18-8-11-4-1-2-5-12(11)9-18/h1-7H,8-10,17H2,(H,19,20). The number of hydrogen-bond acceptors (Lipinski definition) is 3. The second kappa shape index (κ2) is 4.98. The smallest absolute Gasteiger partial charge is 0.338 e. The highest BCUT2D eigenvalue weighted by Gasteiger charge is 2.21. The van der Waals surface area contributed by atoms with Crippen molar-refractivity contribution < 1.29 is 9.90 Å². The Balaban J connectivity index is 1.84. The van der Waals surface area contributed by atoms with Crippen molar-refractivity contribution in [1.29, 1.82) is 0 Å². The summed E-state index contributed by atoms with van der Waals surface area (Å²) in [5.74, 6) is -0.963. The van der Waals surface area contributed by atoms with E-state index >= 15 is 0 Å². The molecule has 2 aromatic carbocycles. The third-order valence-corrected chi connectivity index (χ3v) is 3.70. The molecule has 0 spiro atoms. The van der Waals surface area contributed by atoms with E-state index in [1.165, 1.54) is 11.1 Å². The largest absolute Gasteiger partial charge is 0.478 e. The lowest BCUT2D eigenvalue weighted by atomic mass is 10.1. The molecule has 4 heteroatoms. The first-order valence-corrected chi connectivity index (χ1v) is 6.55. The predicted molar refractivity (Wildman–Crippen MR) is 77.2 cm³/mol. The number of anilines is 1. The molecule has 3 rings (SSSR count). The highest BCUT2D eigenvalue weighted by atomic mass is 16.4. The van der Waals surface area contributed by atoms with Gasteiger partial charge in [0.15, 0.2) is 0 Å². The molecule has 0 radical (unpaired) electrons. The quantitative estimate of drug-likeness (QED) is 0.839. The van der Waals surface area contributed by atoms with Crippen LogP contribution < -0.4 is 5.73 Å². The molecule has 3 N–H and O–H groups in total. The van der Waals surface area contributed by atoms with Crippen LogP contribution >= 0.6 is 0 Å². The highest BCUT2D eigenvalue weighted by molar-refractivity contribution is 5.95. The third kappa shape index (κ3) is 2.26. The molecule has 0 unspecified atom stereocenters. The van der Waals surface area contributed by atoms with Crippen molar-refractivity contribution in [2.24, 2.45) is 0 Å². The monoisotopic (exact) mass is 268 g/mol. The number of nitrogens with two attached hydrogens (primary N) is 1. The van der Waals surface area contributed by atoms with Crippen LogP contribution in [0.5, 0.6) is 0 Å². The molecular weight excluding hydrogens is 252 g/mol. The predicted octanol–water partition coefficient (Wildman–Crippen LogP) is 2.48. The maximum Gasteiger partial charge on any atom is 0.338 e. The summed E-state index contributed by atoms with van der Waals surface area (Å²) in [5.41, 5.74) is 9.73. The zero-order chi connectivity index (χ0) is 14.1. The van der Waals surface area contributed by atoms with E-state index in [-0.39, 0.29) is 5.56 Å². The number of carboxylic acids is 1. The second-order valence-electron chi connectivity index (χ2n) is 5.10. The number of carbonyl (C=O) groups is 1. The third-order valence-electron chi connectivity index (χ3n) is 3.70. The summed E-state index contributed by atoms with van der Waals surface area (Å²) in [6.07, 6.45) is 0. The van der Waals surface area contributed by atoms with Crippen molar-refractivity contribution in [3.63, 3.8) is 0 Å². The van der Waals surface area contributed by atoms with Crippen molar-refractivity contribution in [3.05, 3.63) is 64.7 Å². The van der Waals surface area contributed by atoms with E-state index in [1.54, 1.807) is 12.1 Å². The Morgan fingerprint density at radius 1 is 1.10 bits per heavy atom. The Labute approximate surface area is 117 Å². The average molecular weight is 268 g/mol. The zero-order valence-corrected chi connectivity index (χ0v) is 11.0. The molecular formula is C16H16N2O2. The van der Waals surface area contributed by atoms with E-state index in [4.69, 9.17) is 5.73 Å². The summed E-state index contributed by atoms with van der Waals surface area (Å²) < 4.78 is 0. The van der Waals surface area contributed by atoms with Gasteiger partial charge >= 0.3 is 5.97 Å². The van der Waals surface area contributed by atoms with Gasteiger partial charge in [0, 0.05) is 25.3 Å². The van der Waals surface area contributed by atoms with Gasteiger partial charge in [0.05, 0.1) is 5.56 Å². The number of carboxylic acid groups (broad SMARTS) is 1. The summed E-state index contributed by atoms with van der Waals surface area (Å²) in [6, 6.07) is 13.6. The molecule has 2 aromatic rings. The second-order valence-corrected chi connectivity index (χ2v) is 5.10. The fourth-order valence-corrected chi connectivity index (χ4v) is 2.77. The van der Waals surface area contributed by atoms with Crippen molar-refractivity contribution in [2.45, 2.75) is 19.6 Å². The molecule has 0 amide bonds. The average Bonchev–Trinajstić information content (AvgIpc) is 2.80. The summed E-state index contributed by atoms with van der Waals surface area (Å²) >= 11 is 0. The fraction of sp³-hybridized carbons (Fsp3) is 0.188. The minimum atomic E-state index is -0.963. The van der Waals surface area contributed by atoms with E-state index in [2.05, 4.69) is 17.0 Å². The molecule has 0 saturated heterocycles. The zero-order valence-electron chi connectivity index (χ0n) is 11.0. The molecule has 102 valence electrons. The van der Waals surface area contributed by atoms with Crippen LogP contribution in [-0.2, 0) is 19.6 Å². The number of nitrogen functional groups attached to an aromatic ring is 1. The van der Waals surface area contributed by atoms with Crippen LogP contribution in [0, 0.1) is 0 Å². The molecule has 0 aromatic heterocycles. The van der Waals surface area contributed by atoms with E-state index in [9.17, 15) is 9.90 Å². The van der Waals surface area contributed by atoms with Crippen LogP contribution in [0.15, 0.2) is 42.5 Å². The molecule has 4 nitrogen and oxygen atoms in total. The maximum absolute atomic E-state index is 11.3. The Hall–Kier alpha value is -2.33. The first-order chi connectivity index (χ1) is 9.65. The van der Waals surface area contributed by atoms with Gasteiger partial charge in [-0.1, -0.05) is 36.4 Å². The summed E-state index contributed by atoms with van der Waals surface area (Å²) in [7, 11) is 0. The first-order valence-electron chi connectivity index (χ1n) is 6.55. The number of fused-ring (bicyclic) bond motifs is 1. The molecule has 0 saturated carbocycles. The van der Waals surface area contributed by atoms with Crippen molar-refractivity contribution in [2.75, 3.05) is 5.73 Å². The Kier molecular flexibility index (Phi) is 3.16. The van der Waals surface area contributed by atoms with Gasteiger partial charge in [0.25, 0.3) is 0 Å². The molecule has 1 aliphatic rings. The molecule has 1 aliphatic heterocycles. The number of benzene rings is 2. The lowest BCUT2D eigenvalue weighted by molar-refractivity contribution is 0.0695. The van der Waals surface area contributed by atoms with E-state index in [0.29, 0.717) is 12.2 Å². The molecule has 0 fully saturated rings. The summed E-state index contributed by atoms with van der Waals surface area (Å²) in [6.45, 7) is 2.30. The van der Waals surface area contributed by atoms with Crippen molar-refractivity contribution >= 4 is 11.7 Å². The normalized spacial score (nSPS) is 14.2. The van der Waals surface area contributed by atoms with E-state index in [1.807, 2.05) is 18.2 Å². The molecule has 20 heavy (non-hydrogen) atoms. The molecule has 1 heterocycles. The fourth-order valence-electron chi connectivity index (χ4n) is 2.77. The summed E-state index contributed by atoms with van der Waals surface area (Å²) in [4.78, 5) is 13.6. The maximum atomic E-state index is 11.3. The van der Waals surface area contributed by atoms with Gasteiger partial charge in [-0.05, 0) is 22.8 Å². The van der Waals surface area contributed by atoms with Gasteiger partial charge in [0.1, 0.15) is 0 Å². The minimum absolute atomic E-state index is 0.225. The van der Waals surface area contributed by atoms with Crippen LogP contribution in [0.3, 0.4) is 0 Å². The van der Waals surface area contributed by atoms with E-state index < -0.39 is 5.97 Å². The molecule has 0 aliphatic carbocycles. The molecule has 0 bridgehead atoms. The van der Waals surface area contributed by atoms with Gasteiger partial charge in [-0.2, -0.15) is 0 Å². The van der Waals surface area contributed by atoms with Crippen LogP contribution in [-0.4, -0.2) is 16.0 Å². The first kappa shape index (κ1) is 12.7. The van der Waals surface area contributed by atoms with Crippen LogP contribution in [0.25, 0.3) is 0 Å². The van der Waals surface area contributed by atoms with E-state index in [0.717, 1.165) is 18.7 Å². The number of hydrogen-bond donors (Lipinski definition) is 2. The Bertz CT molecular complexity index is 642. The van der Waals surface area contributed by atoms with Crippen LogP contribution in [0.2, 0.25) is 0 Å². The highest BCUT2D eigenvalue weighted by Crippen LogP contribution is 2.26. The minimum Gasteiger partial charge on any atom is -0.478 e. The topological polar surface area (TPSA) is 66.6 Å². The van der Waals surface area contributed by atoms with Gasteiger partial charge in [-0.15, -0.1) is 0 Å². The Morgan fingerprint density at radius 2 is 1.75 bits per heavy atom. The lowest BCUT2D eigenvalue weighted by Gasteiger charge is -2.17. The van der Waals surface area contributed by atoms with Gasteiger partial charge in [-0.25, -0.2) is 4.79 Å². The van der Waals surface area contributed by atoms with Crippen LogP contribution in [0.4, 0.5) is 5.69 Å². The van der Waals surface area contributed by atoms with Gasteiger partial charge in [0.2, 0.25) is 0 Å². The van der Waals surface area contributed by atoms with Crippen LogP contribution in [0.1, 0.15) is 27.0 Å². The van der Waals surface area contributed by atoms with Crippen molar-refractivity contribution in [3.8, 4) is 0 Å².